The summed E-state index contributed by atoms with van der Waals surface area (Å²) < 4.78 is 29.5. The van der Waals surface area contributed by atoms with Crippen molar-refractivity contribution < 1.29 is 18.0 Å². The molecule has 3 aromatic carbocycles. The molecule has 3 aromatic rings. The third-order valence-corrected chi connectivity index (χ3v) is 9.00. The van der Waals surface area contributed by atoms with Crippen LogP contribution in [0.1, 0.15) is 33.3 Å². The molecule has 0 aromatic heterocycles. The van der Waals surface area contributed by atoms with E-state index < -0.39 is 40.0 Å². The fourth-order valence-corrected chi connectivity index (χ4v) is 6.08. The van der Waals surface area contributed by atoms with Crippen LogP contribution in [0.4, 0.5) is 5.69 Å². The maximum atomic E-state index is 14.0. The van der Waals surface area contributed by atoms with Crippen LogP contribution in [-0.4, -0.2) is 43.3 Å². The number of amides is 2. The van der Waals surface area contributed by atoms with Crippen molar-refractivity contribution in [3.05, 3.63) is 92.0 Å². The fourth-order valence-electron chi connectivity index (χ4n) is 3.77. The van der Waals surface area contributed by atoms with Gasteiger partial charge >= 0.3 is 0 Å². The van der Waals surface area contributed by atoms with E-state index in [4.69, 9.17) is 23.2 Å². The third kappa shape index (κ3) is 8.09. The topological polar surface area (TPSA) is 86.8 Å². The predicted molar refractivity (Wildman–Crippen MR) is 165 cm³/mol. The first kappa shape index (κ1) is 31.2. The Morgan fingerprint density at radius 2 is 1.49 bits per heavy atom. The zero-order valence-corrected chi connectivity index (χ0v) is 26.5. The lowest BCUT2D eigenvalue weighted by atomic mass is 10.1. The number of rotatable bonds is 9. The number of nitrogens with zero attached hydrogens (tertiary/aromatic N) is 2. The molecule has 0 unspecified atom stereocenters. The highest BCUT2D eigenvalue weighted by molar-refractivity contribution is 14.1. The second-order valence-corrected chi connectivity index (χ2v) is 13.9. The molecule has 0 aliphatic carbocycles. The molecule has 208 valence electrons. The van der Waals surface area contributed by atoms with Gasteiger partial charge in [-0.1, -0.05) is 47.5 Å². The summed E-state index contributed by atoms with van der Waals surface area (Å²) in [4.78, 5) is 28.5. The highest BCUT2D eigenvalue weighted by Gasteiger charge is 2.33. The minimum atomic E-state index is -4.13. The number of sulfonamides is 1. The van der Waals surface area contributed by atoms with Crippen molar-refractivity contribution in [1.82, 2.24) is 10.2 Å². The first-order valence-electron chi connectivity index (χ1n) is 12.1. The fraction of sp³-hybridized carbons (Fsp3) is 0.286. The summed E-state index contributed by atoms with van der Waals surface area (Å²) in [6, 6.07) is 18.7. The number of hydrogen-bond acceptors (Lipinski definition) is 4. The van der Waals surface area contributed by atoms with Crippen molar-refractivity contribution in [1.29, 1.82) is 0 Å². The average molecular weight is 702 g/mol. The van der Waals surface area contributed by atoms with E-state index in [1.807, 2.05) is 20.8 Å². The molecule has 1 N–H and O–H groups in total. The molecular formula is C28H30Cl2IN3O4S. The van der Waals surface area contributed by atoms with Gasteiger partial charge in [0.2, 0.25) is 11.8 Å². The van der Waals surface area contributed by atoms with Crippen LogP contribution in [0.5, 0.6) is 0 Å². The van der Waals surface area contributed by atoms with Crippen molar-refractivity contribution in [2.24, 2.45) is 0 Å². The average Bonchev–Trinajstić information content (AvgIpc) is 2.86. The van der Waals surface area contributed by atoms with Crippen molar-refractivity contribution in [2.45, 2.75) is 50.7 Å². The summed E-state index contributed by atoms with van der Waals surface area (Å²) in [6.07, 6.45) is 0. The van der Waals surface area contributed by atoms with Gasteiger partial charge in [-0.05, 0) is 98.8 Å². The summed E-state index contributed by atoms with van der Waals surface area (Å²) in [7, 11) is -4.13. The molecule has 7 nitrogen and oxygen atoms in total. The molecule has 0 saturated heterocycles. The van der Waals surface area contributed by atoms with Crippen LogP contribution in [0.15, 0.2) is 77.7 Å². The summed E-state index contributed by atoms with van der Waals surface area (Å²) in [5.74, 6) is -0.994. The Morgan fingerprint density at radius 1 is 0.923 bits per heavy atom. The highest BCUT2D eigenvalue weighted by atomic mass is 127. The van der Waals surface area contributed by atoms with Gasteiger partial charge in [-0.25, -0.2) is 8.42 Å². The van der Waals surface area contributed by atoms with Crippen molar-refractivity contribution >= 4 is 73.3 Å². The van der Waals surface area contributed by atoms with Crippen molar-refractivity contribution in [3.63, 3.8) is 0 Å². The van der Waals surface area contributed by atoms with Gasteiger partial charge in [0.25, 0.3) is 10.0 Å². The van der Waals surface area contributed by atoms with E-state index in [-0.39, 0.29) is 11.4 Å². The van der Waals surface area contributed by atoms with Crippen molar-refractivity contribution in [3.8, 4) is 0 Å². The molecule has 0 saturated carbocycles. The third-order valence-electron chi connectivity index (χ3n) is 5.78. The number of carbonyl (C=O) groups is 2. The Morgan fingerprint density at radius 3 is 2.03 bits per heavy atom. The van der Waals surface area contributed by atoms with Crippen LogP contribution in [-0.2, 0) is 26.2 Å². The van der Waals surface area contributed by atoms with Gasteiger partial charge in [0.15, 0.2) is 0 Å². The van der Waals surface area contributed by atoms with Gasteiger partial charge in [0.05, 0.1) is 10.6 Å². The SMILES string of the molecule is C[C@@H](C(=O)NC(C)(C)C)N(Cc1c(Cl)cccc1Cl)C(=O)CN(c1ccc(I)cc1)S(=O)(=O)c1ccccc1. The van der Waals surface area contributed by atoms with E-state index in [1.165, 1.54) is 17.0 Å². The summed E-state index contributed by atoms with van der Waals surface area (Å²) in [6.45, 7) is 6.44. The monoisotopic (exact) mass is 701 g/mol. The number of hydrogen-bond donors (Lipinski definition) is 1. The molecule has 0 aliphatic rings. The van der Waals surface area contributed by atoms with Gasteiger partial charge in [-0.3, -0.25) is 13.9 Å². The summed E-state index contributed by atoms with van der Waals surface area (Å²) >= 11 is 14.9. The standard InChI is InChI=1S/C28H30Cl2IN3O4S/c1-19(27(36)32-28(2,3)4)33(17-23-24(29)11-8-12-25(23)30)26(35)18-34(21-15-13-20(31)14-16-21)39(37,38)22-9-6-5-7-10-22/h5-16,19H,17-18H2,1-4H3,(H,32,36)/t19-/m0/s1. The molecule has 0 fully saturated rings. The second-order valence-electron chi connectivity index (χ2n) is 9.94. The van der Waals surface area contributed by atoms with Crippen LogP contribution in [0, 0.1) is 3.57 Å². The molecule has 0 spiro atoms. The Balaban J connectivity index is 2.06. The van der Waals surface area contributed by atoms with Gasteiger partial charge in [0, 0.05) is 31.3 Å². The largest absolute Gasteiger partial charge is 0.350 e. The van der Waals surface area contributed by atoms with E-state index in [9.17, 15) is 18.0 Å². The molecule has 2 amide bonds. The van der Waals surface area contributed by atoms with Gasteiger partial charge in [0.1, 0.15) is 12.6 Å². The van der Waals surface area contributed by atoms with Gasteiger partial charge < -0.3 is 10.2 Å². The second kappa shape index (κ2) is 12.9. The van der Waals surface area contributed by atoms with E-state index in [0.29, 0.717) is 21.3 Å². The minimum Gasteiger partial charge on any atom is -0.350 e. The van der Waals surface area contributed by atoms with Crippen LogP contribution in [0.3, 0.4) is 0 Å². The number of benzene rings is 3. The highest BCUT2D eigenvalue weighted by Crippen LogP contribution is 2.28. The first-order valence-corrected chi connectivity index (χ1v) is 15.4. The molecular weight excluding hydrogens is 672 g/mol. The van der Waals surface area contributed by atoms with Crippen LogP contribution >= 0.6 is 45.8 Å². The molecule has 0 radical (unpaired) electrons. The van der Waals surface area contributed by atoms with Crippen LogP contribution in [0.2, 0.25) is 10.0 Å². The quantitative estimate of drug-likeness (QED) is 0.272. The molecule has 11 heteroatoms. The maximum Gasteiger partial charge on any atom is 0.264 e. The number of carbonyl (C=O) groups excluding carboxylic acids is 2. The summed E-state index contributed by atoms with van der Waals surface area (Å²) in [5, 5.41) is 3.54. The first-order chi connectivity index (χ1) is 18.2. The Hall–Kier alpha value is -2.34. The molecule has 3 rings (SSSR count). The lowest BCUT2D eigenvalue weighted by Crippen LogP contribution is -2.54. The molecule has 0 bridgehead atoms. The molecule has 1 atom stereocenters. The van der Waals surface area contributed by atoms with E-state index >= 15 is 0 Å². The number of nitrogens with one attached hydrogen (secondary N) is 1. The lowest BCUT2D eigenvalue weighted by Gasteiger charge is -2.33. The Labute approximate surface area is 253 Å². The smallest absolute Gasteiger partial charge is 0.264 e. The Kier molecular flexibility index (Phi) is 10.3. The summed E-state index contributed by atoms with van der Waals surface area (Å²) in [5.41, 5.74) is 0.220. The zero-order chi connectivity index (χ0) is 29.0. The van der Waals surface area contributed by atoms with E-state index in [2.05, 4.69) is 27.9 Å². The van der Waals surface area contributed by atoms with E-state index in [0.717, 1.165) is 7.88 Å². The van der Waals surface area contributed by atoms with Gasteiger partial charge in [-0.15, -0.1) is 0 Å². The molecule has 0 heterocycles. The normalized spacial score (nSPS) is 12.5. The van der Waals surface area contributed by atoms with E-state index in [1.54, 1.807) is 67.6 Å². The minimum absolute atomic E-state index is 0.0376. The predicted octanol–water partition coefficient (Wildman–Crippen LogP) is 6.13. The number of anilines is 1. The Bertz CT molecular complexity index is 1410. The van der Waals surface area contributed by atoms with Crippen molar-refractivity contribution in [2.75, 3.05) is 10.8 Å². The molecule has 0 aliphatic heterocycles. The zero-order valence-electron chi connectivity index (χ0n) is 22.0. The lowest BCUT2D eigenvalue weighted by molar-refractivity contribution is -0.140. The van der Waals surface area contributed by atoms with Crippen LogP contribution < -0.4 is 9.62 Å². The van der Waals surface area contributed by atoms with Gasteiger partial charge in [-0.2, -0.15) is 0 Å². The molecule has 39 heavy (non-hydrogen) atoms. The maximum absolute atomic E-state index is 14.0. The van der Waals surface area contributed by atoms with Crippen LogP contribution in [0.25, 0.3) is 0 Å². The number of halogens is 3.